The molecule has 38 heavy (non-hydrogen) atoms. The van der Waals surface area contributed by atoms with Crippen LogP contribution in [-0.2, 0) is 11.3 Å². The van der Waals surface area contributed by atoms with Gasteiger partial charge in [-0.05, 0) is 85.7 Å². The fraction of sp³-hybridized carbons (Fsp3) is 0.400. The van der Waals surface area contributed by atoms with Crippen LogP contribution in [0.3, 0.4) is 0 Å². The molecule has 0 bridgehead atoms. The SMILES string of the molecule is Cc1noc(-c2ccc(NC(=S)Nc3cc(CN4CCN(C(=O)OC(C)(C)C)CC4)c(Br)cn3)c(N)c2)n1. The van der Waals surface area contributed by atoms with Gasteiger partial charge >= 0.3 is 6.09 Å². The number of halogens is 1. The molecule has 202 valence electrons. The number of piperazine rings is 1. The van der Waals surface area contributed by atoms with E-state index >= 15 is 0 Å². The number of ether oxygens (including phenoxy) is 1. The number of hydrogen-bond donors (Lipinski definition) is 3. The van der Waals surface area contributed by atoms with Gasteiger partial charge in [-0.15, -0.1) is 0 Å². The Morgan fingerprint density at radius 3 is 2.58 bits per heavy atom. The Labute approximate surface area is 235 Å². The van der Waals surface area contributed by atoms with E-state index in [0.717, 1.165) is 28.7 Å². The molecule has 2 aromatic heterocycles. The largest absolute Gasteiger partial charge is 0.444 e. The number of aryl methyl sites for hydroxylation is 1. The number of aromatic nitrogens is 3. The summed E-state index contributed by atoms with van der Waals surface area (Å²) in [6.07, 6.45) is 1.47. The molecule has 0 aliphatic carbocycles. The molecule has 1 aliphatic rings. The molecule has 0 atom stereocenters. The lowest BCUT2D eigenvalue weighted by Crippen LogP contribution is -2.49. The number of nitrogens with two attached hydrogens (primary N) is 1. The van der Waals surface area contributed by atoms with Crippen molar-refractivity contribution in [2.45, 2.75) is 39.8 Å². The van der Waals surface area contributed by atoms with Gasteiger partial charge in [-0.25, -0.2) is 9.78 Å². The third kappa shape index (κ3) is 7.39. The van der Waals surface area contributed by atoms with Crippen LogP contribution in [0.15, 0.2) is 39.5 Å². The summed E-state index contributed by atoms with van der Waals surface area (Å²) >= 11 is 9.09. The van der Waals surface area contributed by atoms with Crippen molar-refractivity contribution in [3.63, 3.8) is 0 Å². The second-order valence-corrected chi connectivity index (χ2v) is 11.2. The Morgan fingerprint density at radius 1 is 1.21 bits per heavy atom. The maximum absolute atomic E-state index is 12.3. The lowest BCUT2D eigenvalue weighted by molar-refractivity contribution is 0.0139. The normalized spacial score (nSPS) is 14.3. The van der Waals surface area contributed by atoms with Gasteiger partial charge in [0.05, 0.1) is 11.4 Å². The van der Waals surface area contributed by atoms with Gasteiger partial charge in [-0.2, -0.15) is 4.98 Å². The molecule has 1 amide bonds. The maximum atomic E-state index is 12.3. The highest BCUT2D eigenvalue weighted by Crippen LogP contribution is 2.27. The van der Waals surface area contributed by atoms with Crippen LogP contribution in [0.1, 0.15) is 32.2 Å². The quantitative estimate of drug-likeness (QED) is 0.278. The molecule has 0 unspecified atom stereocenters. The molecule has 11 nitrogen and oxygen atoms in total. The third-order valence-corrected chi connectivity index (χ3v) is 6.59. The summed E-state index contributed by atoms with van der Waals surface area (Å²) in [5, 5.41) is 10.4. The number of amides is 1. The van der Waals surface area contributed by atoms with Crippen molar-refractivity contribution in [1.82, 2.24) is 24.9 Å². The van der Waals surface area contributed by atoms with Crippen molar-refractivity contribution < 1.29 is 14.1 Å². The smallest absolute Gasteiger partial charge is 0.410 e. The van der Waals surface area contributed by atoms with E-state index in [2.05, 4.69) is 46.6 Å². The summed E-state index contributed by atoms with van der Waals surface area (Å²) in [7, 11) is 0. The predicted octanol–water partition coefficient (Wildman–Crippen LogP) is 4.65. The first-order valence-electron chi connectivity index (χ1n) is 12.1. The summed E-state index contributed by atoms with van der Waals surface area (Å²) in [4.78, 5) is 25.0. The number of nitrogen functional groups attached to an aromatic ring is 1. The molecule has 3 heterocycles. The topological polar surface area (TPSA) is 135 Å². The van der Waals surface area contributed by atoms with Crippen LogP contribution >= 0.6 is 28.1 Å². The average molecular weight is 604 g/mol. The lowest BCUT2D eigenvalue weighted by atomic mass is 10.1. The first-order valence-corrected chi connectivity index (χ1v) is 13.3. The van der Waals surface area contributed by atoms with Gasteiger partial charge in [0.25, 0.3) is 5.89 Å². The zero-order valence-corrected chi connectivity index (χ0v) is 24.1. The van der Waals surface area contributed by atoms with Crippen molar-refractivity contribution >= 4 is 56.5 Å². The molecule has 4 rings (SSSR count). The van der Waals surface area contributed by atoms with E-state index in [9.17, 15) is 4.79 Å². The van der Waals surface area contributed by atoms with Crippen LogP contribution in [0.25, 0.3) is 11.5 Å². The molecule has 0 saturated carbocycles. The third-order valence-electron chi connectivity index (χ3n) is 5.67. The highest BCUT2D eigenvalue weighted by Gasteiger charge is 2.26. The summed E-state index contributed by atoms with van der Waals surface area (Å²) in [6, 6.07) is 7.32. The molecule has 1 fully saturated rings. The van der Waals surface area contributed by atoms with Gasteiger partial charge in [0.1, 0.15) is 11.4 Å². The minimum Gasteiger partial charge on any atom is -0.444 e. The molecule has 1 aliphatic heterocycles. The number of anilines is 3. The summed E-state index contributed by atoms with van der Waals surface area (Å²) in [5.74, 6) is 1.56. The highest BCUT2D eigenvalue weighted by atomic mass is 79.9. The molecule has 3 aromatic rings. The zero-order valence-electron chi connectivity index (χ0n) is 21.7. The maximum Gasteiger partial charge on any atom is 0.410 e. The molecule has 0 radical (unpaired) electrons. The Morgan fingerprint density at radius 2 is 1.95 bits per heavy atom. The number of carbonyl (C=O) groups is 1. The van der Waals surface area contributed by atoms with Crippen LogP contribution in [0.2, 0.25) is 0 Å². The van der Waals surface area contributed by atoms with Crippen molar-refractivity contribution in [3.05, 3.63) is 46.3 Å². The van der Waals surface area contributed by atoms with E-state index in [4.69, 9.17) is 27.2 Å². The number of benzene rings is 1. The van der Waals surface area contributed by atoms with Crippen LogP contribution < -0.4 is 16.4 Å². The number of nitrogens with zero attached hydrogens (tertiary/aromatic N) is 5. The van der Waals surface area contributed by atoms with Crippen molar-refractivity contribution in [2.75, 3.05) is 42.5 Å². The van der Waals surface area contributed by atoms with Gasteiger partial charge in [-0.1, -0.05) is 5.16 Å². The summed E-state index contributed by atoms with van der Waals surface area (Å²) in [5.41, 5.74) is 8.61. The van der Waals surface area contributed by atoms with Crippen LogP contribution in [0.5, 0.6) is 0 Å². The number of hydrogen-bond acceptors (Lipinski definition) is 9. The summed E-state index contributed by atoms with van der Waals surface area (Å²) < 4.78 is 11.6. The van der Waals surface area contributed by atoms with Gasteiger partial charge in [0, 0.05) is 49.0 Å². The Kier molecular flexibility index (Phi) is 8.48. The molecular formula is C25H31BrN8O3S. The van der Waals surface area contributed by atoms with Crippen LogP contribution in [0, 0.1) is 6.92 Å². The molecular weight excluding hydrogens is 572 g/mol. The van der Waals surface area contributed by atoms with Gasteiger partial charge in [0.15, 0.2) is 10.9 Å². The fourth-order valence-electron chi connectivity index (χ4n) is 3.82. The Hall–Kier alpha value is -3.29. The monoisotopic (exact) mass is 602 g/mol. The first kappa shape index (κ1) is 27.7. The number of pyridine rings is 1. The first-order chi connectivity index (χ1) is 18.0. The zero-order chi connectivity index (χ0) is 27.4. The number of carbonyl (C=O) groups excluding carboxylic acids is 1. The lowest BCUT2D eigenvalue weighted by Gasteiger charge is -2.35. The molecule has 13 heteroatoms. The molecule has 1 saturated heterocycles. The van der Waals surface area contributed by atoms with E-state index < -0.39 is 5.60 Å². The van der Waals surface area contributed by atoms with E-state index in [1.54, 1.807) is 30.2 Å². The van der Waals surface area contributed by atoms with E-state index in [1.807, 2.05) is 32.9 Å². The molecule has 4 N–H and O–H groups in total. The highest BCUT2D eigenvalue weighted by molar-refractivity contribution is 9.10. The average Bonchev–Trinajstić information content (AvgIpc) is 3.28. The molecule has 1 aromatic carbocycles. The summed E-state index contributed by atoms with van der Waals surface area (Å²) in [6.45, 7) is 10.8. The Balaban J connectivity index is 1.33. The molecule has 0 spiro atoms. The van der Waals surface area contributed by atoms with Gasteiger partial charge < -0.3 is 30.5 Å². The second-order valence-electron chi connectivity index (χ2n) is 9.93. The minimum absolute atomic E-state index is 0.269. The number of rotatable bonds is 5. The Bertz CT molecular complexity index is 1320. The fourth-order valence-corrected chi connectivity index (χ4v) is 4.38. The van der Waals surface area contributed by atoms with Crippen LogP contribution in [0.4, 0.5) is 22.0 Å². The van der Waals surface area contributed by atoms with Crippen molar-refractivity contribution in [3.8, 4) is 11.5 Å². The number of thiocarbonyl (C=S) groups is 1. The van der Waals surface area contributed by atoms with E-state index in [0.29, 0.717) is 53.7 Å². The van der Waals surface area contributed by atoms with Crippen molar-refractivity contribution in [1.29, 1.82) is 0 Å². The van der Waals surface area contributed by atoms with Crippen molar-refractivity contribution in [2.24, 2.45) is 0 Å². The van der Waals surface area contributed by atoms with Crippen LogP contribution in [-0.4, -0.2) is 67.9 Å². The van der Waals surface area contributed by atoms with Gasteiger partial charge in [-0.3, -0.25) is 4.90 Å². The van der Waals surface area contributed by atoms with E-state index in [-0.39, 0.29) is 6.09 Å². The second kappa shape index (κ2) is 11.6. The minimum atomic E-state index is -0.502. The van der Waals surface area contributed by atoms with Gasteiger partial charge in [0.2, 0.25) is 0 Å². The van der Waals surface area contributed by atoms with E-state index in [1.165, 1.54) is 0 Å². The predicted molar refractivity (Wildman–Crippen MR) is 154 cm³/mol. The standard InChI is InChI=1S/C25H31BrN8O3S/c1-15-29-22(37-32-15)16-5-6-20(19(27)11-16)30-23(38)31-21-12-17(18(26)13-28-21)14-33-7-9-34(10-8-33)24(35)36-25(2,3)4/h5-6,11-13H,7-10,14,27H2,1-4H3,(H2,28,30,31,38). The number of nitrogens with one attached hydrogen (secondary N) is 2.